The van der Waals surface area contributed by atoms with Crippen LogP contribution in [0.4, 0.5) is 0 Å². The molecule has 1 N–H and O–H groups in total. The summed E-state index contributed by atoms with van der Waals surface area (Å²) in [5, 5.41) is 3.16. The van der Waals surface area contributed by atoms with Gasteiger partial charge in [0.15, 0.2) is 5.78 Å². The van der Waals surface area contributed by atoms with Crippen LogP contribution in [0.5, 0.6) is 0 Å². The number of nitrogens with zero attached hydrogens (tertiary/aromatic N) is 1. The molecule has 2 aromatic rings. The topological polar surface area (TPSA) is 66.5 Å². The zero-order valence-electron chi connectivity index (χ0n) is 17.9. The lowest BCUT2D eigenvalue weighted by Crippen LogP contribution is -2.46. The van der Waals surface area contributed by atoms with Crippen LogP contribution in [-0.4, -0.2) is 41.1 Å². The molecule has 2 saturated heterocycles. The summed E-state index contributed by atoms with van der Waals surface area (Å²) in [6, 6.07) is 19.5. The van der Waals surface area contributed by atoms with Gasteiger partial charge in [-0.1, -0.05) is 60.7 Å². The number of ketones is 1. The highest BCUT2D eigenvalue weighted by Gasteiger charge is 2.38. The number of piperidine rings is 1. The highest BCUT2D eigenvalue weighted by atomic mass is 16.2. The van der Waals surface area contributed by atoms with Crippen LogP contribution in [0.3, 0.4) is 0 Å². The van der Waals surface area contributed by atoms with E-state index in [1.807, 2.05) is 53.4 Å². The zero-order valence-corrected chi connectivity index (χ0v) is 17.9. The second-order valence-electron chi connectivity index (χ2n) is 8.90. The fourth-order valence-corrected chi connectivity index (χ4v) is 4.93. The van der Waals surface area contributed by atoms with Gasteiger partial charge in [-0.05, 0) is 37.7 Å². The summed E-state index contributed by atoms with van der Waals surface area (Å²) in [6.45, 7) is 1.19. The minimum atomic E-state index is -0.358. The first-order valence-electron chi connectivity index (χ1n) is 11.3. The van der Waals surface area contributed by atoms with E-state index < -0.39 is 0 Å². The first-order chi connectivity index (χ1) is 15.0. The second-order valence-corrected chi connectivity index (χ2v) is 8.90. The highest BCUT2D eigenvalue weighted by Crippen LogP contribution is 2.30. The minimum Gasteiger partial charge on any atom is -0.350 e. The fraction of sp³-hybridized carbons (Fsp3) is 0.423. The Kier molecular flexibility index (Phi) is 6.50. The van der Waals surface area contributed by atoms with Crippen molar-refractivity contribution in [2.75, 3.05) is 13.1 Å². The third-order valence-electron chi connectivity index (χ3n) is 6.64. The van der Waals surface area contributed by atoms with Crippen LogP contribution in [0.15, 0.2) is 60.7 Å². The lowest BCUT2D eigenvalue weighted by Gasteiger charge is -2.34. The second kappa shape index (κ2) is 9.46. The van der Waals surface area contributed by atoms with Gasteiger partial charge in [-0.2, -0.15) is 0 Å². The molecule has 0 saturated carbocycles. The van der Waals surface area contributed by atoms with Crippen molar-refractivity contribution in [2.24, 2.45) is 5.92 Å². The minimum absolute atomic E-state index is 0.0647. The predicted octanol–water partition coefficient (Wildman–Crippen LogP) is 3.78. The van der Waals surface area contributed by atoms with Gasteiger partial charge < -0.3 is 10.2 Å². The number of benzene rings is 2. The normalized spacial score (nSPS) is 23.4. The molecule has 31 heavy (non-hydrogen) atoms. The number of hydrogen-bond donors (Lipinski definition) is 1. The van der Waals surface area contributed by atoms with Crippen LogP contribution in [-0.2, 0) is 16.0 Å². The number of rotatable bonds is 7. The van der Waals surface area contributed by atoms with Crippen molar-refractivity contribution in [3.8, 4) is 0 Å². The smallest absolute Gasteiger partial charge is 0.222 e. The third kappa shape index (κ3) is 5.22. The van der Waals surface area contributed by atoms with Crippen molar-refractivity contribution >= 4 is 17.6 Å². The monoisotopic (exact) mass is 418 g/mol. The Morgan fingerprint density at radius 2 is 1.74 bits per heavy atom. The number of carbonyl (C=O) groups is 3. The van der Waals surface area contributed by atoms with Crippen molar-refractivity contribution in [2.45, 2.75) is 50.5 Å². The Morgan fingerprint density at radius 3 is 2.42 bits per heavy atom. The quantitative estimate of drug-likeness (QED) is 0.696. The number of hydrogen-bond acceptors (Lipinski definition) is 3. The molecule has 5 nitrogen and oxygen atoms in total. The van der Waals surface area contributed by atoms with E-state index >= 15 is 0 Å². The maximum Gasteiger partial charge on any atom is 0.222 e. The Balaban J connectivity index is 1.37. The fourth-order valence-electron chi connectivity index (χ4n) is 4.93. The van der Waals surface area contributed by atoms with Crippen LogP contribution in [0, 0.1) is 5.92 Å². The van der Waals surface area contributed by atoms with E-state index in [4.69, 9.17) is 0 Å². The maximum absolute atomic E-state index is 13.0. The molecule has 5 heteroatoms. The Bertz CT molecular complexity index is 928. The van der Waals surface area contributed by atoms with Gasteiger partial charge in [-0.15, -0.1) is 0 Å². The molecular weight excluding hydrogens is 388 g/mol. The molecule has 2 atom stereocenters. The molecule has 2 aliphatic heterocycles. The van der Waals surface area contributed by atoms with E-state index in [-0.39, 0.29) is 29.1 Å². The Labute approximate surface area is 183 Å². The van der Waals surface area contributed by atoms with Gasteiger partial charge in [0.25, 0.3) is 0 Å². The molecule has 4 rings (SSSR count). The van der Waals surface area contributed by atoms with Gasteiger partial charge in [0.1, 0.15) is 0 Å². The summed E-state index contributed by atoms with van der Waals surface area (Å²) in [7, 11) is 0. The molecule has 0 unspecified atom stereocenters. The van der Waals surface area contributed by atoms with Crippen LogP contribution in [0.2, 0.25) is 0 Å². The van der Waals surface area contributed by atoms with Crippen molar-refractivity contribution in [3.63, 3.8) is 0 Å². The zero-order chi connectivity index (χ0) is 21.7. The summed E-state index contributed by atoms with van der Waals surface area (Å²) in [6.07, 6.45) is 4.69. The van der Waals surface area contributed by atoms with Gasteiger partial charge in [0, 0.05) is 43.0 Å². The molecule has 2 amide bonds. The van der Waals surface area contributed by atoms with Crippen molar-refractivity contribution in [1.29, 1.82) is 0 Å². The summed E-state index contributed by atoms with van der Waals surface area (Å²) < 4.78 is 0. The molecular formula is C26H30N2O3. The maximum atomic E-state index is 13.0. The van der Waals surface area contributed by atoms with Crippen molar-refractivity contribution in [3.05, 3.63) is 71.8 Å². The van der Waals surface area contributed by atoms with Crippen LogP contribution < -0.4 is 5.32 Å². The largest absolute Gasteiger partial charge is 0.350 e. The number of amides is 2. The summed E-state index contributed by atoms with van der Waals surface area (Å²) >= 11 is 0. The first kappa shape index (κ1) is 21.3. The van der Waals surface area contributed by atoms with Crippen LogP contribution in [0.25, 0.3) is 0 Å². The van der Waals surface area contributed by atoms with E-state index in [1.165, 1.54) is 5.56 Å². The van der Waals surface area contributed by atoms with Gasteiger partial charge in [-0.25, -0.2) is 0 Å². The molecule has 0 aromatic heterocycles. The van der Waals surface area contributed by atoms with Crippen molar-refractivity contribution < 1.29 is 14.4 Å². The standard InChI is InChI=1S/C26H30N2O3/c29-23-13-15-26(27-23,18-20-8-3-1-4-9-20)16-14-24(30)28-17-7-12-22(19-28)25(31)21-10-5-2-6-11-21/h1-6,8-11,22H,7,12-19H2,(H,27,29)/t22-,26+/m1/s1. The van der Waals surface area contributed by atoms with Crippen LogP contribution in [0.1, 0.15) is 54.4 Å². The molecule has 0 radical (unpaired) electrons. The van der Waals surface area contributed by atoms with E-state index in [2.05, 4.69) is 17.4 Å². The van der Waals surface area contributed by atoms with Crippen molar-refractivity contribution in [1.82, 2.24) is 10.2 Å². The SMILES string of the molecule is O=C1CC[C@](CCC(=O)N2CCC[C@@H](C(=O)c3ccccc3)C2)(Cc2ccccc2)N1. The molecule has 2 aromatic carbocycles. The Morgan fingerprint density at radius 1 is 1.03 bits per heavy atom. The van der Waals surface area contributed by atoms with Gasteiger partial charge in [0.2, 0.25) is 11.8 Å². The average Bonchev–Trinajstić information content (AvgIpc) is 3.18. The first-order valence-corrected chi connectivity index (χ1v) is 11.3. The highest BCUT2D eigenvalue weighted by molar-refractivity contribution is 5.98. The average molecular weight is 419 g/mol. The molecule has 0 spiro atoms. The molecule has 0 aliphatic carbocycles. The number of nitrogens with one attached hydrogen (secondary N) is 1. The van der Waals surface area contributed by atoms with Gasteiger partial charge >= 0.3 is 0 Å². The summed E-state index contributed by atoms with van der Waals surface area (Å²) in [4.78, 5) is 39.7. The van der Waals surface area contributed by atoms with E-state index in [1.54, 1.807) is 0 Å². The van der Waals surface area contributed by atoms with Crippen LogP contribution >= 0.6 is 0 Å². The van der Waals surface area contributed by atoms with E-state index in [0.717, 1.165) is 31.2 Å². The summed E-state index contributed by atoms with van der Waals surface area (Å²) in [5.41, 5.74) is 1.53. The molecule has 2 heterocycles. The van der Waals surface area contributed by atoms with E-state index in [0.29, 0.717) is 32.4 Å². The molecule has 0 bridgehead atoms. The number of Topliss-reactive ketones (excluding diaryl/α,β-unsaturated/α-hetero) is 1. The molecule has 2 aliphatic rings. The lowest BCUT2D eigenvalue weighted by molar-refractivity contribution is -0.133. The Hall–Kier alpha value is -2.95. The molecule has 2 fully saturated rings. The van der Waals surface area contributed by atoms with E-state index in [9.17, 15) is 14.4 Å². The third-order valence-corrected chi connectivity index (χ3v) is 6.64. The number of carbonyl (C=O) groups excluding carboxylic acids is 3. The summed E-state index contributed by atoms with van der Waals surface area (Å²) in [5.74, 6) is 0.139. The molecule has 162 valence electrons. The number of likely N-dealkylation sites (tertiary alicyclic amines) is 1. The van der Waals surface area contributed by atoms with Gasteiger partial charge in [0.05, 0.1) is 0 Å². The van der Waals surface area contributed by atoms with Gasteiger partial charge in [-0.3, -0.25) is 14.4 Å². The predicted molar refractivity (Wildman–Crippen MR) is 120 cm³/mol. The lowest BCUT2D eigenvalue weighted by atomic mass is 9.84.